The van der Waals surface area contributed by atoms with Gasteiger partial charge in [0.05, 0.1) is 26.4 Å². The normalized spacial score (nSPS) is 32.6. The quantitative estimate of drug-likeness (QED) is 0.0217. The van der Waals surface area contributed by atoms with Crippen molar-refractivity contribution in [2.24, 2.45) is 11.8 Å². The fourth-order valence-electron chi connectivity index (χ4n) is 10.6. The molecule has 0 amide bonds. The summed E-state index contributed by atoms with van der Waals surface area (Å²) in [5, 5.41) is 105. The Morgan fingerprint density at radius 3 is 1.47 bits per heavy atom. The van der Waals surface area contributed by atoms with E-state index in [9.17, 15) is 60.7 Å². The summed E-state index contributed by atoms with van der Waals surface area (Å²) in [6.45, 7) is 1.42. The van der Waals surface area contributed by atoms with Gasteiger partial charge in [-0.1, -0.05) is 154 Å². The highest BCUT2D eigenvalue weighted by atomic mass is 16.8. The molecule has 18 unspecified atom stereocenters. The van der Waals surface area contributed by atoms with Crippen LogP contribution >= 0.6 is 0 Å². The molecule has 0 spiro atoms. The molecule has 4 aliphatic rings. The lowest BCUT2D eigenvalue weighted by atomic mass is 9.97. The maximum absolute atomic E-state index is 13.3. The van der Waals surface area contributed by atoms with Crippen molar-refractivity contribution in [3.05, 3.63) is 12.2 Å². The molecule has 3 aliphatic heterocycles. The van der Waals surface area contributed by atoms with Crippen LogP contribution in [0.5, 0.6) is 0 Å². The number of aliphatic hydroxyl groups is 10. The lowest BCUT2D eigenvalue weighted by Crippen LogP contribution is -2.65. The van der Waals surface area contributed by atoms with Crippen molar-refractivity contribution in [3.8, 4) is 0 Å². The molecule has 3 heterocycles. The highest BCUT2D eigenvalue weighted by Crippen LogP contribution is 2.46. The molecule has 0 aromatic carbocycles. The van der Waals surface area contributed by atoms with E-state index in [0.717, 1.165) is 69.6 Å². The SMILES string of the molecule is CCCCCCCCC=CCCCCCCCC(=O)OC(COC(=O)CCCCCCCC1CC1CCCCCCCC)COC1OC(CO)C(O)C(O)C1OC1OC(COC2OC(CO)C(O)C(O)C2O)C(O)C(O)C1O. The smallest absolute Gasteiger partial charge is 0.306 e. The summed E-state index contributed by atoms with van der Waals surface area (Å²) in [6, 6.07) is 0. The summed E-state index contributed by atoms with van der Waals surface area (Å²) >= 11 is 0. The Kier molecular flexibility index (Phi) is 34.7. The second-order valence-corrected chi connectivity index (χ2v) is 22.4. The molecule has 0 bridgehead atoms. The summed E-state index contributed by atoms with van der Waals surface area (Å²) in [5.74, 6) is 0.746. The first-order valence-electron chi connectivity index (χ1n) is 30.3. The molecule has 0 aromatic heterocycles. The Labute approximate surface area is 464 Å². The summed E-state index contributed by atoms with van der Waals surface area (Å²) in [4.78, 5) is 26.3. The largest absolute Gasteiger partial charge is 0.462 e. The number of rotatable bonds is 43. The Morgan fingerprint density at radius 2 is 0.923 bits per heavy atom. The van der Waals surface area contributed by atoms with Gasteiger partial charge in [-0.25, -0.2) is 0 Å². The van der Waals surface area contributed by atoms with Crippen molar-refractivity contribution in [2.75, 3.05) is 33.0 Å². The van der Waals surface area contributed by atoms with Crippen LogP contribution < -0.4 is 0 Å². The number of hydrogen-bond acceptors (Lipinski definition) is 20. The molecule has 4 rings (SSSR count). The fraction of sp³-hybridized carbons (Fsp3) is 0.931. The van der Waals surface area contributed by atoms with Gasteiger partial charge in [0, 0.05) is 12.8 Å². The lowest BCUT2D eigenvalue weighted by Gasteiger charge is -2.46. The molecular formula is C58H104O20. The van der Waals surface area contributed by atoms with Crippen molar-refractivity contribution in [2.45, 2.75) is 298 Å². The van der Waals surface area contributed by atoms with E-state index in [2.05, 4.69) is 26.0 Å². The molecule has 10 N–H and O–H groups in total. The second kappa shape index (κ2) is 39.5. The van der Waals surface area contributed by atoms with Gasteiger partial charge in [0.25, 0.3) is 0 Å². The third kappa shape index (κ3) is 24.9. The van der Waals surface area contributed by atoms with Crippen LogP contribution in [0.2, 0.25) is 0 Å². The molecule has 78 heavy (non-hydrogen) atoms. The number of hydrogen-bond donors (Lipinski definition) is 10. The Bertz CT molecular complexity index is 1590. The van der Waals surface area contributed by atoms with E-state index in [1.54, 1.807) is 0 Å². The molecule has 4 fully saturated rings. The average molecular weight is 1120 g/mol. The maximum atomic E-state index is 13.3. The van der Waals surface area contributed by atoms with Gasteiger partial charge >= 0.3 is 11.9 Å². The van der Waals surface area contributed by atoms with Crippen LogP contribution in [0, 0.1) is 11.8 Å². The highest BCUT2D eigenvalue weighted by Gasteiger charge is 2.52. The van der Waals surface area contributed by atoms with Gasteiger partial charge < -0.3 is 89.0 Å². The zero-order valence-electron chi connectivity index (χ0n) is 47.1. The minimum atomic E-state index is -1.98. The van der Waals surface area contributed by atoms with Crippen LogP contribution in [0.25, 0.3) is 0 Å². The zero-order chi connectivity index (χ0) is 56.7. The van der Waals surface area contributed by atoms with E-state index < -0.39 is 137 Å². The van der Waals surface area contributed by atoms with Crippen LogP contribution in [0.15, 0.2) is 12.2 Å². The van der Waals surface area contributed by atoms with E-state index in [-0.39, 0.29) is 19.4 Å². The molecule has 0 aromatic rings. The van der Waals surface area contributed by atoms with Crippen LogP contribution in [-0.2, 0) is 47.5 Å². The topological polar surface area (TPSA) is 310 Å². The summed E-state index contributed by atoms with van der Waals surface area (Å²) in [5.41, 5.74) is 0. The molecule has 1 aliphatic carbocycles. The van der Waals surface area contributed by atoms with Gasteiger partial charge in [-0.3, -0.25) is 9.59 Å². The zero-order valence-corrected chi connectivity index (χ0v) is 47.1. The highest BCUT2D eigenvalue weighted by molar-refractivity contribution is 5.70. The van der Waals surface area contributed by atoms with Gasteiger partial charge in [-0.2, -0.15) is 0 Å². The van der Waals surface area contributed by atoms with E-state index in [1.165, 1.54) is 103 Å². The van der Waals surface area contributed by atoms with Crippen LogP contribution in [0.3, 0.4) is 0 Å². The van der Waals surface area contributed by atoms with Crippen LogP contribution in [-0.4, -0.2) is 194 Å². The first-order valence-corrected chi connectivity index (χ1v) is 30.3. The molecule has 18 atom stereocenters. The van der Waals surface area contributed by atoms with Crippen molar-refractivity contribution in [1.29, 1.82) is 0 Å². The van der Waals surface area contributed by atoms with Gasteiger partial charge in [-0.05, 0) is 56.8 Å². The molecule has 20 heteroatoms. The average Bonchev–Trinajstić information content (AvgIpc) is 4.22. The maximum Gasteiger partial charge on any atom is 0.306 e. The van der Waals surface area contributed by atoms with E-state index in [0.29, 0.717) is 12.8 Å². The van der Waals surface area contributed by atoms with Crippen molar-refractivity contribution < 1.29 is 98.5 Å². The van der Waals surface area contributed by atoms with Gasteiger partial charge in [0.2, 0.25) is 0 Å². The minimum absolute atomic E-state index is 0.0959. The molecule has 1 saturated carbocycles. The van der Waals surface area contributed by atoms with Crippen LogP contribution in [0.1, 0.15) is 200 Å². The molecule has 0 radical (unpaired) electrons. The number of unbranched alkanes of at least 4 members (excludes halogenated alkanes) is 20. The number of ether oxygens (including phenoxy) is 8. The Morgan fingerprint density at radius 1 is 0.474 bits per heavy atom. The molecular weight excluding hydrogens is 1020 g/mol. The third-order valence-electron chi connectivity index (χ3n) is 15.8. The van der Waals surface area contributed by atoms with Gasteiger partial charge in [0.1, 0.15) is 79.9 Å². The molecule has 456 valence electrons. The van der Waals surface area contributed by atoms with E-state index >= 15 is 0 Å². The predicted octanol–water partition coefficient (Wildman–Crippen LogP) is 5.06. The molecule has 20 nitrogen and oxygen atoms in total. The second-order valence-electron chi connectivity index (χ2n) is 22.4. The number of carbonyl (C=O) groups excluding carboxylic acids is 2. The predicted molar refractivity (Wildman–Crippen MR) is 287 cm³/mol. The van der Waals surface area contributed by atoms with Crippen molar-refractivity contribution in [1.82, 2.24) is 0 Å². The number of aliphatic hydroxyl groups excluding tert-OH is 10. The Hall–Kier alpha value is -1.96. The van der Waals surface area contributed by atoms with Crippen molar-refractivity contribution in [3.63, 3.8) is 0 Å². The van der Waals surface area contributed by atoms with E-state index in [1.807, 2.05) is 0 Å². The summed E-state index contributed by atoms with van der Waals surface area (Å²) in [6.07, 6.45) is 8.90. The van der Waals surface area contributed by atoms with Crippen LogP contribution in [0.4, 0.5) is 0 Å². The number of carbonyl (C=O) groups is 2. The first kappa shape index (κ1) is 68.5. The Balaban J connectivity index is 1.29. The molecule has 3 saturated heterocycles. The summed E-state index contributed by atoms with van der Waals surface area (Å²) < 4.78 is 45.7. The number of allylic oxidation sites excluding steroid dienone is 2. The minimum Gasteiger partial charge on any atom is -0.462 e. The first-order chi connectivity index (χ1) is 37.7. The monoisotopic (exact) mass is 1120 g/mol. The summed E-state index contributed by atoms with van der Waals surface area (Å²) in [7, 11) is 0. The lowest BCUT2D eigenvalue weighted by molar-refractivity contribution is -0.373. The van der Waals surface area contributed by atoms with E-state index in [4.69, 9.17) is 37.9 Å². The fourth-order valence-corrected chi connectivity index (χ4v) is 10.6. The van der Waals surface area contributed by atoms with Gasteiger partial charge in [-0.15, -0.1) is 0 Å². The van der Waals surface area contributed by atoms with Crippen molar-refractivity contribution >= 4 is 11.9 Å². The standard InChI is InChI=1S/C58H104O20/c1-3-5-7-9-11-12-13-14-15-16-17-18-19-23-28-32-46(62)74-41(36-71-45(61)31-27-24-20-22-26-30-40-33-39(40)29-25-21-10-8-6-4-2)37-72-58-55(52(68)48(64)43(35-60)76-58)78-57-54(70)51(67)49(65)44(77-57)38-73-56-53(69)50(66)47(63)42(34-59)75-56/h14-15,39-44,47-60,63-70H,3-13,16-38H2,1-2H3. The number of esters is 2. The van der Waals surface area contributed by atoms with Gasteiger partial charge in [0.15, 0.2) is 25.0 Å². The third-order valence-corrected chi connectivity index (χ3v) is 15.8.